The van der Waals surface area contributed by atoms with Crippen molar-refractivity contribution in [2.24, 2.45) is 11.1 Å². The lowest BCUT2D eigenvalue weighted by Crippen LogP contribution is -2.38. The van der Waals surface area contributed by atoms with Crippen LogP contribution < -0.4 is 5.73 Å². The maximum absolute atomic E-state index is 9.74. The summed E-state index contributed by atoms with van der Waals surface area (Å²) in [4.78, 5) is 0. The van der Waals surface area contributed by atoms with Gasteiger partial charge in [-0.25, -0.2) is 0 Å². The van der Waals surface area contributed by atoms with Gasteiger partial charge in [0.25, 0.3) is 0 Å². The average molecular weight is 263 g/mol. The van der Waals surface area contributed by atoms with Gasteiger partial charge in [0.2, 0.25) is 0 Å². The van der Waals surface area contributed by atoms with E-state index in [0.717, 1.165) is 5.56 Å². The van der Waals surface area contributed by atoms with Crippen LogP contribution >= 0.6 is 0 Å². The predicted molar refractivity (Wildman–Crippen MR) is 78.6 cm³/mol. The lowest BCUT2D eigenvalue weighted by atomic mass is 9.70. The van der Waals surface area contributed by atoms with Crippen molar-refractivity contribution in [1.82, 2.24) is 0 Å². The van der Waals surface area contributed by atoms with Crippen LogP contribution in [0.1, 0.15) is 38.3 Å². The largest absolute Gasteiger partial charge is 0.393 e. The molecule has 0 saturated carbocycles. The second-order valence-electron chi connectivity index (χ2n) is 5.43. The third-order valence-corrected chi connectivity index (χ3v) is 3.54. The third kappa shape index (κ3) is 4.16. The maximum atomic E-state index is 9.74. The predicted octanol–water partition coefficient (Wildman–Crippen LogP) is 2.40. The van der Waals surface area contributed by atoms with Crippen LogP contribution in [0.2, 0.25) is 0 Å². The summed E-state index contributed by atoms with van der Waals surface area (Å²) in [6.45, 7) is 7.35. The Morgan fingerprint density at radius 1 is 1.16 bits per heavy atom. The Labute approximate surface area is 115 Å². The number of rotatable bonds is 7. The van der Waals surface area contributed by atoms with Crippen LogP contribution in [0, 0.1) is 5.41 Å². The molecule has 0 aliphatic rings. The molecule has 1 aromatic rings. The molecule has 3 atom stereocenters. The van der Waals surface area contributed by atoms with Crippen molar-refractivity contribution < 1.29 is 10.2 Å². The van der Waals surface area contributed by atoms with Gasteiger partial charge in [-0.15, -0.1) is 6.58 Å². The molecule has 0 bridgehead atoms. The Morgan fingerprint density at radius 2 is 1.63 bits per heavy atom. The van der Waals surface area contributed by atoms with Crippen molar-refractivity contribution in [3.05, 3.63) is 48.6 Å². The van der Waals surface area contributed by atoms with Gasteiger partial charge in [0.15, 0.2) is 0 Å². The van der Waals surface area contributed by atoms with Crippen LogP contribution in [-0.4, -0.2) is 22.4 Å². The van der Waals surface area contributed by atoms with Crippen molar-refractivity contribution in [3.63, 3.8) is 0 Å². The van der Waals surface area contributed by atoms with Crippen LogP contribution in [0.5, 0.6) is 0 Å². The van der Waals surface area contributed by atoms with Gasteiger partial charge in [-0.1, -0.05) is 36.4 Å². The zero-order valence-electron chi connectivity index (χ0n) is 11.8. The molecule has 0 radical (unpaired) electrons. The molecule has 0 aliphatic carbocycles. The van der Waals surface area contributed by atoms with E-state index in [4.69, 9.17) is 5.73 Å². The Hall–Kier alpha value is -1.16. The minimum Gasteiger partial charge on any atom is -0.393 e. The van der Waals surface area contributed by atoms with Gasteiger partial charge in [0, 0.05) is 11.5 Å². The van der Waals surface area contributed by atoms with Gasteiger partial charge in [-0.3, -0.25) is 0 Å². The molecule has 0 fully saturated rings. The van der Waals surface area contributed by atoms with E-state index in [0.29, 0.717) is 12.8 Å². The number of aliphatic hydroxyl groups is 2. The van der Waals surface area contributed by atoms with Crippen molar-refractivity contribution in [2.75, 3.05) is 0 Å². The zero-order chi connectivity index (χ0) is 14.5. The molecular weight excluding hydrogens is 238 g/mol. The summed E-state index contributed by atoms with van der Waals surface area (Å²) in [7, 11) is 0. The van der Waals surface area contributed by atoms with Crippen LogP contribution in [0.25, 0.3) is 0 Å². The molecule has 4 N–H and O–H groups in total. The maximum Gasteiger partial charge on any atom is 0.0521 e. The van der Waals surface area contributed by atoms with E-state index in [9.17, 15) is 10.2 Å². The normalized spacial score (nSPS) is 19.2. The Balaban J connectivity index is 3.10. The average Bonchev–Trinajstić information content (AvgIpc) is 2.36. The molecule has 0 heterocycles. The Bertz CT molecular complexity index is 377. The molecule has 1 aromatic carbocycles. The fourth-order valence-electron chi connectivity index (χ4n) is 2.72. The number of hydrogen-bond donors (Lipinski definition) is 3. The summed E-state index contributed by atoms with van der Waals surface area (Å²) in [6, 6.07) is 9.45. The minimum absolute atomic E-state index is 0.296. The first kappa shape index (κ1) is 15.9. The first-order valence-electron chi connectivity index (χ1n) is 6.71. The van der Waals surface area contributed by atoms with Crippen molar-refractivity contribution >= 4 is 0 Å². The summed E-state index contributed by atoms with van der Waals surface area (Å²) in [5.41, 5.74) is 6.87. The van der Waals surface area contributed by atoms with Crippen LogP contribution in [0.4, 0.5) is 0 Å². The van der Waals surface area contributed by atoms with Crippen LogP contribution in [0.3, 0.4) is 0 Å². The molecule has 0 aliphatic heterocycles. The number of hydrogen-bond acceptors (Lipinski definition) is 3. The highest BCUT2D eigenvalue weighted by atomic mass is 16.3. The van der Waals surface area contributed by atoms with Crippen LogP contribution in [-0.2, 0) is 0 Å². The van der Waals surface area contributed by atoms with Gasteiger partial charge < -0.3 is 15.9 Å². The highest BCUT2D eigenvalue weighted by Crippen LogP contribution is 2.41. The van der Waals surface area contributed by atoms with Crippen molar-refractivity contribution in [3.8, 4) is 0 Å². The van der Waals surface area contributed by atoms with Crippen molar-refractivity contribution in [2.45, 2.75) is 44.9 Å². The molecule has 0 aromatic heterocycles. The second kappa shape index (κ2) is 6.85. The smallest absolute Gasteiger partial charge is 0.0521 e. The molecule has 0 spiro atoms. The fourth-order valence-corrected chi connectivity index (χ4v) is 2.72. The van der Waals surface area contributed by atoms with Gasteiger partial charge in [-0.05, 0) is 32.3 Å². The van der Waals surface area contributed by atoms with E-state index < -0.39 is 17.6 Å². The van der Waals surface area contributed by atoms with E-state index >= 15 is 0 Å². The fraction of sp³-hybridized carbons (Fsp3) is 0.500. The third-order valence-electron chi connectivity index (χ3n) is 3.54. The summed E-state index contributed by atoms with van der Waals surface area (Å²) in [6.07, 6.45) is 1.76. The molecule has 1 rings (SSSR count). The SMILES string of the molecule is C=CC(CC(C)O)(CC(C)O)C(N)c1ccccc1. The van der Waals surface area contributed by atoms with E-state index in [1.807, 2.05) is 30.3 Å². The molecule has 3 unspecified atom stereocenters. The lowest BCUT2D eigenvalue weighted by Gasteiger charge is -2.38. The van der Waals surface area contributed by atoms with E-state index in [-0.39, 0.29) is 6.04 Å². The number of benzene rings is 1. The first-order valence-corrected chi connectivity index (χ1v) is 6.71. The topological polar surface area (TPSA) is 66.5 Å². The van der Waals surface area contributed by atoms with Crippen LogP contribution in [0.15, 0.2) is 43.0 Å². The Kier molecular flexibility index (Phi) is 5.73. The zero-order valence-corrected chi connectivity index (χ0v) is 11.8. The van der Waals surface area contributed by atoms with E-state index in [2.05, 4.69) is 6.58 Å². The quantitative estimate of drug-likeness (QED) is 0.662. The summed E-state index contributed by atoms with van der Waals surface area (Å²) >= 11 is 0. The standard InChI is InChI=1S/C16H25NO2/c1-4-16(10-12(2)18,11-13(3)19)15(17)14-8-6-5-7-9-14/h4-9,12-13,15,18-19H,1,10-11,17H2,2-3H3. The monoisotopic (exact) mass is 263 g/mol. The molecular formula is C16H25NO2. The molecule has 0 amide bonds. The highest BCUT2D eigenvalue weighted by molar-refractivity contribution is 5.23. The summed E-state index contributed by atoms with van der Waals surface area (Å²) in [5.74, 6) is 0. The van der Waals surface area contributed by atoms with Gasteiger partial charge >= 0.3 is 0 Å². The Morgan fingerprint density at radius 3 is 2.00 bits per heavy atom. The first-order chi connectivity index (χ1) is 8.91. The van der Waals surface area contributed by atoms with Gasteiger partial charge in [0.05, 0.1) is 12.2 Å². The highest BCUT2D eigenvalue weighted by Gasteiger charge is 2.36. The molecule has 3 nitrogen and oxygen atoms in total. The second-order valence-corrected chi connectivity index (χ2v) is 5.43. The molecule has 3 heteroatoms. The van der Waals surface area contributed by atoms with E-state index in [1.165, 1.54) is 0 Å². The molecule has 0 saturated heterocycles. The number of nitrogens with two attached hydrogens (primary N) is 1. The molecule has 106 valence electrons. The van der Waals surface area contributed by atoms with Gasteiger partial charge in [-0.2, -0.15) is 0 Å². The lowest BCUT2D eigenvalue weighted by molar-refractivity contribution is 0.0712. The number of aliphatic hydroxyl groups excluding tert-OH is 2. The summed E-state index contributed by atoms with van der Waals surface area (Å²) < 4.78 is 0. The molecule has 19 heavy (non-hydrogen) atoms. The van der Waals surface area contributed by atoms with E-state index in [1.54, 1.807) is 19.9 Å². The van der Waals surface area contributed by atoms with Crippen molar-refractivity contribution in [1.29, 1.82) is 0 Å². The summed E-state index contributed by atoms with van der Waals surface area (Å²) in [5, 5.41) is 19.5. The minimum atomic E-state index is -0.510. The van der Waals surface area contributed by atoms with Gasteiger partial charge in [0.1, 0.15) is 0 Å².